The minimum absolute atomic E-state index is 0.156. The van der Waals surface area contributed by atoms with E-state index in [-0.39, 0.29) is 25.7 Å². The zero-order chi connectivity index (χ0) is 15.2. The molecule has 0 spiro atoms. The molecular weight excluding hydrogens is 294 g/mol. The Labute approximate surface area is 110 Å². The van der Waals surface area contributed by atoms with Crippen LogP contribution in [0.3, 0.4) is 0 Å². The molecule has 0 atom stereocenters. The average molecular weight is 306 g/mol. The first-order chi connectivity index (χ1) is 9.02. The first-order valence-electron chi connectivity index (χ1n) is 5.94. The molecular formula is C11H12F6O3. The molecule has 0 aromatic heterocycles. The van der Waals surface area contributed by atoms with Gasteiger partial charge in [-0.3, -0.25) is 0 Å². The lowest BCUT2D eigenvalue weighted by Crippen LogP contribution is -2.33. The number of ether oxygens (including phenoxy) is 2. The standard InChI is InChI=1S/C11H12F6O3/c12-10(13,14)8(1-2-8)5-19-7(18)20-6-9(3-4-9)11(15,16)17/h1-6H2. The SMILES string of the molecule is O=C(OCC1(C(F)(F)F)CC1)OCC1(C(F)(F)F)CC1. The van der Waals surface area contributed by atoms with E-state index in [4.69, 9.17) is 0 Å². The van der Waals surface area contributed by atoms with E-state index in [0.717, 1.165) is 0 Å². The third-order valence-corrected chi connectivity index (χ3v) is 3.84. The summed E-state index contributed by atoms with van der Waals surface area (Å²) in [6.45, 7) is -1.82. The van der Waals surface area contributed by atoms with E-state index in [0.29, 0.717) is 0 Å². The second kappa shape index (κ2) is 4.42. The summed E-state index contributed by atoms with van der Waals surface area (Å²) in [4.78, 5) is 11.1. The van der Waals surface area contributed by atoms with Crippen LogP contribution in [0, 0.1) is 10.8 Å². The number of alkyl halides is 6. The molecule has 3 nitrogen and oxygen atoms in total. The van der Waals surface area contributed by atoms with Crippen LogP contribution in [0.1, 0.15) is 25.7 Å². The maximum Gasteiger partial charge on any atom is 0.508 e. The number of carbonyl (C=O) groups is 1. The topological polar surface area (TPSA) is 35.5 Å². The van der Waals surface area contributed by atoms with Crippen LogP contribution in [-0.4, -0.2) is 31.7 Å². The minimum Gasteiger partial charge on any atom is -0.433 e. The Morgan fingerprint density at radius 2 is 1.10 bits per heavy atom. The van der Waals surface area contributed by atoms with E-state index >= 15 is 0 Å². The molecule has 0 aromatic carbocycles. The molecule has 0 saturated heterocycles. The normalized spacial score (nSPS) is 23.1. The number of rotatable bonds is 4. The highest BCUT2D eigenvalue weighted by Gasteiger charge is 2.65. The quantitative estimate of drug-likeness (QED) is 0.585. The van der Waals surface area contributed by atoms with Crippen molar-refractivity contribution in [3.63, 3.8) is 0 Å². The summed E-state index contributed by atoms with van der Waals surface area (Å²) in [6, 6.07) is 0. The Morgan fingerprint density at radius 3 is 1.30 bits per heavy atom. The van der Waals surface area contributed by atoms with Gasteiger partial charge in [0.1, 0.15) is 24.0 Å². The summed E-state index contributed by atoms with van der Waals surface area (Å²) in [7, 11) is 0. The van der Waals surface area contributed by atoms with E-state index in [1.54, 1.807) is 0 Å². The summed E-state index contributed by atoms with van der Waals surface area (Å²) in [5.41, 5.74) is -4.10. The fourth-order valence-corrected chi connectivity index (χ4v) is 1.76. The Kier molecular flexibility index (Phi) is 3.37. The van der Waals surface area contributed by atoms with Crippen LogP contribution < -0.4 is 0 Å². The zero-order valence-corrected chi connectivity index (χ0v) is 10.2. The van der Waals surface area contributed by atoms with Crippen molar-refractivity contribution in [2.75, 3.05) is 13.2 Å². The van der Waals surface area contributed by atoms with E-state index in [1.165, 1.54) is 0 Å². The van der Waals surface area contributed by atoms with Gasteiger partial charge in [-0.05, 0) is 25.7 Å². The summed E-state index contributed by atoms with van der Waals surface area (Å²) < 4.78 is 83.6. The molecule has 2 aliphatic carbocycles. The van der Waals surface area contributed by atoms with E-state index in [9.17, 15) is 31.1 Å². The maximum absolute atomic E-state index is 12.5. The van der Waals surface area contributed by atoms with Crippen LogP contribution in [0.2, 0.25) is 0 Å². The van der Waals surface area contributed by atoms with Crippen LogP contribution >= 0.6 is 0 Å². The van der Waals surface area contributed by atoms with Gasteiger partial charge in [-0.15, -0.1) is 0 Å². The lowest BCUT2D eigenvalue weighted by atomic mass is 10.1. The maximum atomic E-state index is 12.5. The van der Waals surface area contributed by atoms with Crippen molar-refractivity contribution in [1.82, 2.24) is 0 Å². The zero-order valence-electron chi connectivity index (χ0n) is 10.2. The average Bonchev–Trinajstić information content (AvgIpc) is 3.14. The molecule has 2 aliphatic rings. The molecule has 2 fully saturated rings. The summed E-state index contributed by atoms with van der Waals surface area (Å²) in [6.07, 6.45) is -11.1. The molecule has 20 heavy (non-hydrogen) atoms. The van der Waals surface area contributed by atoms with Crippen LogP contribution in [-0.2, 0) is 9.47 Å². The first-order valence-corrected chi connectivity index (χ1v) is 5.94. The molecule has 2 rings (SSSR count). The molecule has 0 bridgehead atoms. The Bertz CT molecular complexity index is 356. The summed E-state index contributed by atoms with van der Waals surface area (Å²) in [5.74, 6) is 0. The highest BCUT2D eigenvalue weighted by atomic mass is 19.4. The number of halogens is 6. The van der Waals surface area contributed by atoms with Gasteiger partial charge < -0.3 is 9.47 Å². The van der Waals surface area contributed by atoms with Crippen LogP contribution in [0.5, 0.6) is 0 Å². The van der Waals surface area contributed by atoms with Crippen molar-refractivity contribution < 1.29 is 40.6 Å². The highest BCUT2D eigenvalue weighted by molar-refractivity contribution is 5.60. The van der Waals surface area contributed by atoms with Gasteiger partial charge in [0.15, 0.2) is 0 Å². The second-order valence-corrected chi connectivity index (χ2v) is 5.38. The van der Waals surface area contributed by atoms with Crippen molar-refractivity contribution in [3.8, 4) is 0 Å². The third kappa shape index (κ3) is 2.80. The summed E-state index contributed by atoms with van der Waals surface area (Å²) >= 11 is 0. The van der Waals surface area contributed by atoms with Crippen molar-refractivity contribution in [2.24, 2.45) is 10.8 Å². The van der Waals surface area contributed by atoms with Gasteiger partial charge in [-0.1, -0.05) is 0 Å². The van der Waals surface area contributed by atoms with Crippen LogP contribution in [0.4, 0.5) is 31.1 Å². The largest absolute Gasteiger partial charge is 0.508 e. The van der Waals surface area contributed by atoms with Crippen molar-refractivity contribution >= 4 is 6.16 Å². The van der Waals surface area contributed by atoms with Gasteiger partial charge in [-0.2, -0.15) is 26.3 Å². The first kappa shape index (κ1) is 15.2. The highest BCUT2D eigenvalue weighted by Crippen LogP contribution is 2.58. The predicted molar refractivity (Wildman–Crippen MR) is 52.7 cm³/mol. The Hall–Kier alpha value is -1.15. The fraction of sp³-hybridized carbons (Fsp3) is 0.909. The van der Waals surface area contributed by atoms with Crippen molar-refractivity contribution in [2.45, 2.75) is 38.0 Å². The van der Waals surface area contributed by atoms with Gasteiger partial charge in [0.05, 0.1) is 0 Å². The van der Waals surface area contributed by atoms with Gasteiger partial charge in [0.2, 0.25) is 0 Å². The molecule has 0 radical (unpaired) electrons. The third-order valence-electron chi connectivity index (χ3n) is 3.84. The Balaban J connectivity index is 1.75. The number of hydrogen-bond acceptors (Lipinski definition) is 3. The van der Waals surface area contributed by atoms with Crippen LogP contribution in [0.15, 0.2) is 0 Å². The molecule has 0 aliphatic heterocycles. The van der Waals surface area contributed by atoms with Gasteiger partial charge in [0, 0.05) is 0 Å². The Morgan fingerprint density at radius 1 is 0.800 bits per heavy atom. The molecule has 2 saturated carbocycles. The monoisotopic (exact) mass is 306 g/mol. The molecule has 116 valence electrons. The van der Waals surface area contributed by atoms with E-state index in [2.05, 4.69) is 9.47 Å². The van der Waals surface area contributed by atoms with Crippen LogP contribution in [0.25, 0.3) is 0 Å². The number of hydrogen-bond donors (Lipinski definition) is 0. The number of carbonyl (C=O) groups excluding carboxylic acids is 1. The molecule has 0 aromatic rings. The van der Waals surface area contributed by atoms with Gasteiger partial charge in [-0.25, -0.2) is 4.79 Å². The molecule has 0 heterocycles. The predicted octanol–water partition coefficient (Wildman–Crippen LogP) is 3.82. The second-order valence-electron chi connectivity index (χ2n) is 5.38. The molecule has 9 heteroatoms. The fourth-order valence-electron chi connectivity index (χ4n) is 1.76. The minimum atomic E-state index is -4.49. The van der Waals surface area contributed by atoms with Crippen molar-refractivity contribution in [1.29, 1.82) is 0 Å². The molecule has 0 unspecified atom stereocenters. The molecule has 0 amide bonds. The smallest absolute Gasteiger partial charge is 0.433 e. The molecule has 0 N–H and O–H groups in total. The van der Waals surface area contributed by atoms with Gasteiger partial charge >= 0.3 is 18.5 Å². The lowest BCUT2D eigenvalue weighted by molar-refractivity contribution is -0.203. The van der Waals surface area contributed by atoms with E-state index in [1.807, 2.05) is 0 Å². The van der Waals surface area contributed by atoms with Crippen molar-refractivity contribution in [3.05, 3.63) is 0 Å². The summed E-state index contributed by atoms with van der Waals surface area (Å²) in [5, 5.41) is 0. The van der Waals surface area contributed by atoms with Gasteiger partial charge in [0.25, 0.3) is 0 Å². The van der Waals surface area contributed by atoms with E-state index < -0.39 is 42.6 Å². The lowest BCUT2D eigenvalue weighted by Gasteiger charge is -2.20.